The minimum atomic E-state index is -0.0266. The largest absolute Gasteiger partial charge is 0.463 e. The van der Waals surface area contributed by atoms with Gasteiger partial charge in [-0.25, -0.2) is 0 Å². The van der Waals surface area contributed by atoms with Crippen molar-refractivity contribution in [1.29, 1.82) is 0 Å². The lowest BCUT2D eigenvalue weighted by Gasteiger charge is -1.99. The van der Waals surface area contributed by atoms with Crippen LogP contribution in [0.3, 0.4) is 0 Å². The van der Waals surface area contributed by atoms with E-state index >= 15 is 0 Å². The molecule has 1 heterocycles. The SMILES string of the molecule is CSc1coc2ccc(Cl)cc2c1=O. The summed E-state index contributed by atoms with van der Waals surface area (Å²) in [6, 6.07) is 5.03. The van der Waals surface area contributed by atoms with Crippen LogP contribution in [0.15, 0.2) is 38.6 Å². The lowest BCUT2D eigenvalue weighted by atomic mass is 10.2. The van der Waals surface area contributed by atoms with Gasteiger partial charge in [-0.15, -0.1) is 11.8 Å². The van der Waals surface area contributed by atoms with Crippen LogP contribution >= 0.6 is 23.4 Å². The molecule has 0 saturated heterocycles. The summed E-state index contributed by atoms with van der Waals surface area (Å²) >= 11 is 7.17. The number of rotatable bonds is 1. The van der Waals surface area contributed by atoms with Gasteiger partial charge >= 0.3 is 0 Å². The first-order chi connectivity index (χ1) is 6.72. The summed E-state index contributed by atoms with van der Waals surface area (Å²) in [7, 11) is 0. The van der Waals surface area contributed by atoms with Gasteiger partial charge in [0.15, 0.2) is 0 Å². The Morgan fingerprint density at radius 1 is 1.43 bits per heavy atom. The van der Waals surface area contributed by atoms with Crippen LogP contribution in [0.2, 0.25) is 5.02 Å². The van der Waals surface area contributed by atoms with E-state index in [1.807, 2.05) is 6.26 Å². The molecular formula is C10H7ClO2S. The van der Waals surface area contributed by atoms with Crippen molar-refractivity contribution in [2.75, 3.05) is 6.26 Å². The molecule has 0 aliphatic rings. The number of hydrogen-bond acceptors (Lipinski definition) is 3. The quantitative estimate of drug-likeness (QED) is 0.700. The van der Waals surface area contributed by atoms with Gasteiger partial charge in [-0.3, -0.25) is 4.79 Å². The molecular weight excluding hydrogens is 220 g/mol. The van der Waals surface area contributed by atoms with E-state index in [9.17, 15) is 4.79 Å². The van der Waals surface area contributed by atoms with E-state index in [4.69, 9.17) is 16.0 Å². The fourth-order valence-corrected chi connectivity index (χ4v) is 1.84. The monoisotopic (exact) mass is 226 g/mol. The van der Waals surface area contributed by atoms with E-state index in [1.165, 1.54) is 18.0 Å². The van der Waals surface area contributed by atoms with Crippen LogP contribution in [0.4, 0.5) is 0 Å². The normalized spacial score (nSPS) is 10.7. The first-order valence-corrected chi connectivity index (χ1v) is 5.57. The number of thioether (sulfide) groups is 1. The highest BCUT2D eigenvalue weighted by molar-refractivity contribution is 7.98. The maximum absolute atomic E-state index is 11.8. The summed E-state index contributed by atoms with van der Waals surface area (Å²) in [4.78, 5) is 12.4. The van der Waals surface area contributed by atoms with Crippen LogP contribution in [0, 0.1) is 0 Å². The van der Waals surface area contributed by atoms with Crippen LogP contribution in [-0.4, -0.2) is 6.26 Å². The van der Waals surface area contributed by atoms with E-state index in [0.717, 1.165) is 0 Å². The van der Waals surface area contributed by atoms with Crippen LogP contribution < -0.4 is 5.43 Å². The van der Waals surface area contributed by atoms with Gasteiger partial charge in [-0.05, 0) is 24.5 Å². The highest BCUT2D eigenvalue weighted by Gasteiger charge is 2.05. The molecule has 0 radical (unpaired) electrons. The van der Waals surface area contributed by atoms with E-state index in [-0.39, 0.29) is 5.43 Å². The Labute approximate surface area is 89.9 Å². The summed E-state index contributed by atoms with van der Waals surface area (Å²) in [5, 5.41) is 1.08. The second-order valence-corrected chi connectivity index (χ2v) is 4.06. The molecule has 2 rings (SSSR count). The molecule has 0 unspecified atom stereocenters. The van der Waals surface area contributed by atoms with Crippen molar-refractivity contribution in [1.82, 2.24) is 0 Å². The minimum Gasteiger partial charge on any atom is -0.463 e. The van der Waals surface area contributed by atoms with Gasteiger partial charge in [0.1, 0.15) is 11.8 Å². The molecule has 0 N–H and O–H groups in total. The van der Waals surface area contributed by atoms with Crippen molar-refractivity contribution in [3.63, 3.8) is 0 Å². The number of hydrogen-bond donors (Lipinski definition) is 0. The maximum atomic E-state index is 11.8. The van der Waals surface area contributed by atoms with Crippen molar-refractivity contribution in [2.45, 2.75) is 4.90 Å². The van der Waals surface area contributed by atoms with E-state index in [0.29, 0.717) is 20.9 Å². The van der Waals surface area contributed by atoms with Gasteiger partial charge in [0.05, 0.1) is 10.3 Å². The lowest BCUT2D eigenvalue weighted by molar-refractivity contribution is 0.587. The molecule has 0 aliphatic carbocycles. The Kier molecular flexibility index (Phi) is 2.52. The Bertz CT molecular complexity index is 533. The van der Waals surface area contributed by atoms with Crippen LogP contribution in [0.5, 0.6) is 0 Å². The van der Waals surface area contributed by atoms with Gasteiger partial charge in [-0.2, -0.15) is 0 Å². The van der Waals surface area contributed by atoms with E-state index in [2.05, 4.69) is 0 Å². The maximum Gasteiger partial charge on any atom is 0.206 e. The molecule has 2 aromatic rings. The molecule has 1 aromatic carbocycles. The van der Waals surface area contributed by atoms with Gasteiger partial charge < -0.3 is 4.42 Å². The highest BCUT2D eigenvalue weighted by Crippen LogP contribution is 2.19. The second-order valence-electron chi connectivity index (χ2n) is 2.77. The third kappa shape index (κ3) is 1.53. The van der Waals surface area contributed by atoms with Gasteiger partial charge in [-0.1, -0.05) is 11.6 Å². The number of benzene rings is 1. The predicted molar refractivity (Wildman–Crippen MR) is 59.3 cm³/mol. The number of halogens is 1. The molecule has 0 amide bonds. The molecule has 72 valence electrons. The zero-order chi connectivity index (χ0) is 10.1. The zero-order valence-corrected chi connectivity index (χ0v) is 8.98. The minimum absolute atomic E-state index is 0.0266. The summed E-state index contributed by atoms with van der Waals surface area (Å²) in [5.74, 6) is 0. The molecule has 14 heavy (non-hydrogen) atoms. The standard InChI is InChI=1S/C10H7ClO2S/c1-14-9-5-13-8-3-2-6(11)4-7(8)10(9)12/h2-5H,1H3. The Morgan fingerprint density at radius 2 is 2.21 bits per heavy atom. The Hall–Kier alpha value is -0.930. The predicted octanol–water partition coefficient (Wildman–Crippen LogP) is 3.17. The molecule has 2 nitrogen and oxygen atoms in total. The summed E-state index contributed by atoms with van der Waals surface area (Å²) in [6.45, 7) is 0. The van der Waals surface area contributed by atoms with Crippen molar-refractivity contribution in [2.24, 2.45) is 0 Å². The third-order valence-electron chi connectivity index (χ3n) is 1.92. The molecule has 0 atom stereocenters. The molecule has 0 fully saturated rings. The fraction of sp³-hybridized carbons (Fsp3) is 0.100. The fourth-order valence-electron chi connectivity index (χ4n) is 1.23. The van der Waals surface area contributed by atoms with Crippen molar-refractivity contribution < 1.29 is 4.42 Å². The molecule has 0 saturated carbocycles. The smallest absolute Gasteiger partial charge is 0.206 e. The van der Waals surface area contributed by atoms with Crippen LogP contribution in [0.25, 0.3) is 11.0 Å². The van der Waals surface area contributed by atoms with E-state index in [1.54, 1.807) is 18.2 Å². The summed E-state index contributed by atoms with van der Waals surface area (Å²) < 4.78 is 5.29. The summed E-state index contributed by atoms with van der Waals surface area (Å²) in [5.41, 5.74) is 0.540. The van der Waals surface area contributed by atoms with Crippen molar-refractivity contribution >= 4 is 34.3 Å². The van der Waals surface area contributed by atoms with Crippen molar-refractivity contribution in [3.05, 3.63) is 39.7 Å². The first-order valence-electron chi connectivity index (χ1n) is 3.97. The van der Waals surface area contributed by atoms with Crippen LogP contribution in [-0.2, 0) is 0 Å². The average Bonchev–Trinajstić information content (AvgIpc) is 2.20. The first kappa shape index (κ1) is 9.62. The molecule has 0 bridgehead atoms. The Morgan fingerprint density at radius 3 is 2.93 bits per heavy atom. The lowest BCUT2D eigenvalue weighted by Crippen LogP contribution is -2.02. The van der Waals surface area contributed by atoms with Gasteiger partial charge in [0, 0.05) is 5.02 Å². The molecule has 0 aliphatic heterocycles. The van der Waals surface area contributed by atoms with Gasteiger partial charge in [0.2, 0.25) is 5.43 Å². The van der Waals surface area contributed by atoms with Gasteiger partial charge in [0.25, 0.3) is 0 Å². The molecule has 0 spiro atoms. The highest BCUT2D eigenvalue weighted by atomic mass is 35.5. The number of fused-ring (bicyclic) bond motifs is 1. The topological polar surface area (TPSA) is 30.2 Å². The van der Waals surface area contributed by atoms with Crippen molar-refractivity contribution in [3.8, 4) is 0 Å². The average molecular weight is 227 g/mol. The van der Waals surface area contributed by atoms with Crippen LogP contribution in [0.1, 0.15) is 0 Å². The van der Waals surface area contributed by atoms with E-state index < -0.39 is 0 Å². The second kappa shape index (κ2) is 3.67. The Balaban J connectivity index is 2.87. The third-order valence-corrected chi connectivity index (χ3v) is 2.88. The molecule has 1 aromatic heterocycles. The molecule has 4 heteroatoms. The summed E-state index contributed by atoms with van der Waals surface area (Å²) in [6.07, 6.45) is 3.31. The zero-order valence-electron chi connectivity index (χ0n) is 7.41.